The molecule has 96 valence electrons. The Morgan fingerprint density at radius 2 is 2.00 bits per heavy atom. The Bertz CT molecular complexity index is 483. The summed E-state index contributed by atoms with van der Waals surface area (Å²) < 4.78 is 4.82. The molecule has 0 saturated heterocycles. The fourth-order valence-electron chi connectivity index (χ4n) is 1.21. The minimum absolute atomic E-state index is 0.224. The molecule has 0 unspecified atom stereocenters. The molecule has 1 atom stereocenters. The molecule has 0 aromatic heterocycles. The van der Waals surface area contributed by atoms with Gasteiger partial charge in [0, 0.05) is 12.5 Å². The Labute approximate surface area is 104 Å². The average Bonchev–Trinajstić information content (AvgIpc) is 2.28. The van der Waals surface area contributed by atoms with Crippen LogP contribution in [0.15, 0.2) is 24.3 Å². The van der Waals surface area contributed by atoms with Crippen molar-refractivity contribution in [3.8, 4) is 5.75 Å². The predicted molar refractivity (Wildman–Crippen MR) is 62.3 cm³/mol. The number of rotatable bonds is 4. The van der Waals surface area contributed by atoms with Crippen molar-refractivity contribution in [2.75, 3.05) is 0 Å². The highest BCUT2D eigenvalue weighted by atomic mass is 16.5. The molecule has 0 radical (unpaired) electrons. The number of benzene rings is 1. The predicted octanol–water partition coefficient (Wildman–Crippen LogP) is 0.815. The third-order valence-electron chi connectivity index (χ3n) is 2.08. The number of carboxylic acid groups (broad SMARTS) is 1. The van der Waals surface area contributed by atoms with Gasteiger partial charge in [0.05, 0.1) is 0 Å². The highest BCUT2D eigenvalue weighted by Gasteiger charge is 2.15. The van der Waals surface area contributed by atoms with E-state index in [1.54, 1.807) is 6.07 Å². The molecule has 0 heterocycles. The molecule has 0 aliphatic rings. The molecular formula is C12H13NO5. The van der Waals surface area contributed by atoms with Crippen LogP contribution in [0, 0.1) is 0 Å². The van der Waals surface area contributed by atoms with Crippen LogP contribution in [0.3, 0.4) is 0 Å². The summed E-state index contributed by atoms with van der Waals surface area (Å²) in [6.45, 7) is 2.61. The van der Waals surface area contributed by atoms with Gasteiger partial charge >= 0.3 is 11.9 Å². The van der Waals surface area contributed by atoms with Crippen molar-refractivity contribution >= 4 is 17.8 Å². The molecule has 0 saturated carbocycles. The van der Waals surface area contributed by atoms with Gasteiger partial charge in [-0.3, -0.25) is 14.4 Å². The smallest absolute Gasteiger partial charge is 0.325 e. The van der Waals surface area contributed by atoms with Crippen molar-refractivity contribution in [2.45, 2.75) is 19.9 Å². The van der Waals surface area contributed by atoms with Crippen molar-refractivity contribution in [3.05, 3.63) is 29.8 Å². The Morgan fingerprint density at radius 1 is 1.33 bits per heavy atom. The molecule has 1 aromatic rings. The van der Waals surface area contributed by atoms with Gasteiger partial charge in [0.25, 0.3) is 5.91 Å². The zero-order valence-corrected chi connectivity index (χ0v) is 9.97. The lowest BCUT2D eigenvalue weighted by atomic mass is 10.2. The van der Waals surface area contributed by atoms with E-state index in [1.807, 2.05) is 0 Å². The van der Waals surface area contributed by atoms with Crippen LogP contribution in [0.1, 0.15) is 24.2 Å². The van der Waals surface area contributed by atoms with Crippen LogP contribution in [0.25, 0.3) is 0 Å². The van der Waals surface area contributed by atoms with Gasteiger partial charge in [0.15, 0.2) is 0 Å². The van der Waals surface area contributed by atoms with Gasteiger partial charge in [-0.2, -0.15) is 0 Å². The molecule has 6 nitrogen and oxygen atoms in total. The van der Waals surface area contributed by atoms with Crippen LogP contribution in [-0.4, -0.2) is 29.0 Å². The van der Waals surface area contributed by atoms with Crippen LogP contribution in [-0.2, 0) is 9.59 Å². The zero-order chi connectivity index (χ0) is 13.7. The van der Waals surface area contributed by atoms with E-state index in [9.17, 15) is 14.4 Å². The zero-order valence-electron chi connectivity index (χ0n) is 9.97. The summed E-state index contributed by atoms with van der Waals surface area (Å²) in [4.78, 5) is 33.0. The molecule has 0 fully saturated rings. The number of hydrogen-bond acceptors (Lipinski definition) is 4. The van der Waals surface area contributed by atoms with Crippen LogP contribution in [0.4, 0.5) is 0 Å². The molecule has 1 rings (SSSR count). The Kier molecular flexibility index (Phi) is 4.42. The van der Waals surface area contributed by atoms with Gasteiger partial charge in [-0.15, -0.1) is 0 Å². The molecule has 0 aliphatic carbocycles. The first-order valence-corrected chi connectivity index (χ1v) is 5.22. The molecule has 0 aliphatic heterocycles. The molecule has 18 heavy (non-hydrogen) atoms. The lowest BCUT2D eigenvalue weighted by Gasteiger charge is -2.09. The maximum Gasteiger partial charge on any atom is 0.325 e. The van der Waals surface area contributed by atoms with E-state index in [0.29, 0.717) is 0 Å². The first-order valence-electron chi connectivity index (χ1n) is 5.22. The highest BCUT2D eigenvalue weighted by Crippen LogP contribution is 2.13. The van der Waals surface area contributed by atoms with E-state index in [0.717, 1.165) is 0 Å². The van der Waals surface area contributed by atoms with Crippen molar-refractivity contribution in [1.82, 2.24) is 5.32 Å². The van der Waals surface area contributed by atoms with Crippen LogP contribution < -0.4 is 10.1 Å². The summed E-state index contributed by atoms with van der Waals surface area (Å²) in [5.41, 5.74) is 0.224. The highest BCUT2D eigenvalue weighted by molar-refractivity contribution is 5.96. The topological polar surface area (TPSA) is 92.7 Å². The SMILES string of the molecule is CC(=O)Oc1cccc(C(=O)N[C@@H](C)C(=O)O)c1. The summed E-state index contributed by atoms with van der Waals surface area (Å²) in [5.74, 6) is -1.93. The first-order chi connectivity index (χ1) is 8.40. The van der Waals surface area contributed by atoms with E-state index in [4.69, 9.17) is 9.84 Å². The molecule has 1 aromatic carbocycles. The van der Waals surface area contributed by atoms with Crippen molar-refractivity contribution in [1.29, 1.82) is 0 Å². The number of carboxylic acids is 1. The number of hydrogen-bond donors (Lipinski definition) is 2. The van der Waals surface area contributed by atoms with E-state index in [2.05, 4.69) is 5.32 Å². The third-order valence-corrected chi connectivity index (χ3v) is 2.08. The van der Waals surface area contributed by atoms with Crippen molar-refractivity contribution in [3.63, 3.8) is 0 Å². The van der Waals surface area contributed by atoms with Crippen molar-refractivity contribution < 1.29 is 24.2 Å². The average molecular weight is 251 g/mol. The molecule has 0 spiro atoms. The fraction of sp³-hybridized carbons (Fsp3) is 0.250. The molecule has 2 N–H and O–H groups in total. The number of carbonyl (C=O) groups excluding carboxylic acids is 2. The van der Waals surface area contributed by atoms with E-state index in [1.165, 1.54) is 32.0 Å². The van der Waals surface area contributed by atoms with Crippen molar-refractivity contribution in [2.24, 2.45) is 0 Å². The first kappa shape index (κ1) is 13.7. The monoisotopic (exact) mass is 251 g/mol. The lowest BCUT2D eigenvalue weighted by molar-refractivity contribution is -0.138. The summed E-state index contributed by atoms with van der Waals surface area (Å²) in [6, 6.07) is 4.94. The van der Waals surface area contributed by atoms with E-state index >= 15 is 0 Å². The number of nitrogens with one attached hydrogen (secondary N) is 1. The van der Waals surface area contributed by atoms with Crippen LogP contribution in [0.2, 0.25) is 0 Å². The summed E-state index contributed by atoms with van der Waals surface area (Å²) in [6.07, 6.45) is 0. The second-order valence-corrected chi connectivity index (χ2v) is 3.65. The summed E-state index contributed by atoms with van der Waals surface area (Å²) >= 11 is 0. The lowest BCUT2D eigenvalue weighted by Crippen LogP contribution is -2.38. The van der Waals surface area contributed by atoms with Gasteiger partial charge in [-0.05, 0) is 25.1 Å². The number of ether oxygens (including phenoxy) is 1. The van der Waals surface area contributed by atoms with Gasteiger partial charge in [0.2, 0.25) is 0 Å². The second-order valence-electron chi connectivity index (χ2n) is 3.65. The maximum atomic E-state index is 11.7. The standard InChI is InChI=1S/C12H13NO5/c1-7(12(16)17)13-11(15)9-4-3-5-10(6-9)18-8(2)14/h3-7H,1-2H3,(H,13,15)(H,16,17)/t7-/m0/s1. The minimum Gasteiger partial charge on any atom is -0.480 e. The normalized spacial score (nSPS) is 11.4. The van der Waals surface area contributed by atoms with Gasteiger partial charge in [-0.1, -0.05) is 6.07 Å². The molecule has 1 amide bonds. The molecular weight excluding hydrogens is 238 g/mol. The fourth-order valence-corrected chi connectivity index (χ4v) is 1.21. The maximum absolute atomic E-state index is 11.7. The van der Waals surface area contributed by atoms with E-state index in [-0.39, 0.29) is 11.3 Å². The van der Waals surface area contributed by atoms with Crippen LogP contribution in [0.5, 0.6) is 5.75 Å². The number of aliphatic carboxylic acids is 1. The quantitative estimate of drug-likeness (QED) is 0.610. The number of amides is 1. The summed E-state index contributed by atoms with van der Waals surface area (Å²) in [5, 5.41) is 11.0. The third kappa shape index (κ3) is 3.89. The Balaban J connectivity index is 2.80. The van der Waals surface area contributed by atoms with Gasteiger partial charge < -0.3 is 15.2 Å². The second kappa shape index (κ2) is 5.81. The molecule has 0 bridgehead atoms. The Morgan fingerprint density at radius 3 is 2.56 bits per heavy atom. The minimum atomic E-state index is -1.13. The molecule has 6 heteroatoms. The van der Waals surface area contributed by atoms with Gasteiger partial charge in [0.1, 0.15) is 11.8 Å². The van der Waals surface area contributed by atoms with Gasteiger partial charge in [-0.25, -0.2) is 0 Å². The largest absolute Gasteiger partial charge is 0.480 e. The van der Waals surface area contributed by atoms with Crippen LogP contribution >= 0.6 is 0 Å². The van der Waals surface area contributed by atoms with E-state index < -0.39 is 23.9 Å². The Hall–Kier alpha value is -2.37. The number of carbonyl (C=O) groups is 3. The number of esters is 1. The summed E-state index contributed by atoms with van der Waals surface area (Å²) in [7, 11) is 0.